The third-order valence-electron chi connectivity index (χ3n) is 5.02. The first-order valence-electron chi connectivity index (χ1n) is 6.70. The molecular formula is C15H18O4. The average molecular weight is 262 g/mol. The minimum Gasteiger partial charge on any atom is -0.458 e. The van der Waals surface area contributed by atoms with Crippen molar-refractivity contribution in [1.82, 2.24) is 0 Å². The van der Waals surface area contributed by atoms with E-state index in [4.69, 9.17) is 4.74 Å². The summed E-state index contributed by atoms with van der Waals surface area (Å²) >= 11 is 0. The summed E-state index contributed by atoms with van der Waals surface area (Å²) in [4.78, 5) is 23.7. The number of hydrogen-bond donors (Lipinski definition) is 1. The van der Waals surface area contributed by atoms with E-state index in [0.29, 0.717) is 18.4 Å². The van der Waals surface area contributed by atoms with Crippen molar-refractivity contribution < 1.29 is 19.4 Å². The van der Waals surface area contributed by atoms with Crippen LogP contribution in [0.2, 0.25) is 0 Å². The predicted molar refractivity (Wildman–Crippen MR) is 68.0 cm³/mol. The molecule has 3 fully saturated rings. The second kappa shape index (κ2) is 4.04. The van der Waals surface area contributed by atoms with E-state index in [2.05, 4.69) is 13.2 Å². The van der Waals surface area contributed by atoms with Crippen LogP contribution in [0.25, 0.3) is 0 Å². The zero-order valence-electron chi connectivity index (χ0n) is 11.0. The first kappa shape index (κ1) is 12.6. The molecule has 1 saturated heterocycles. The number of fused-ring (bicyclic) bond motifs is 3. The molecule has 3 aliphatic rings. The summed E-state index contributed by atoms with van der Waals surface area (Å²) in [5.74, 6) is -0.839. The molecule has 1 N–H and O–H groups in total. The van der Waals surface area contributed by atoms with Gasteiger partial charge >= 0.3 is 5.97 Å². The molecule has 0 amide bonds. The minimum atomic E-state index is -0.690. The summed E-state index contributed by atoms with van der Waals surface area (Å²) < 4.78 is 5.42. The Morgan fingerprint density at radius 1 is 1.26 bits per heavy atom. The highest BCUT2D eigenvalue weighted by molar-refractivity contribution is 5.91. The molecule has 1 heterocycles. The Morgan fingerprint density at radius 3 is 2.63 bits per heavy atom. The molecule has 1 aliphatic heterocycles. The smallest absolute Gasteiger partial charge is 0.334 e. The van der Waals surface area contributed by atoms with Gasteiger partial charge in [-0.3, -0.25) is 4.79 Å². The number of ether oxygens (including phenoxy) is 1. The van der Waals surface area contributed by atoms with E-state index in [-0.39, 0.29) is 23.5 Å². The summed E-state index contributed by atoms with van der Waals surface area (Å²) in [6.45, 7) is 9.65. The predicted octanol–water partition coefficient (Wildman–Crippen LogP) is 1.25. The average Bonchev–Trinajstić information content (AvgIpc) is 2.75. The second-order valence-corrected chi connectivity index (χ2v) is 5.99. The van der Waals surface area contributed by atoms with Gasteiger partial charge in [-0.05, 0) is 12.3 Å². The molecule has 4 nitrogen and oxygen atoms in total. The topological polar surface area (TPSA) is 63.6 Å². The third kappa shape index (κ3) is 1.62. The molecule has 0 aromatic rings. The van der Waals surface area contributed by atoms with Gasteiger partial charge in [0.25, 0.3) is 0 Å². The number of esters is 1. The van der Waals surface area contributed by atoms with Crippen molar-refractivity contribution in [2.24, 2.45) is 23.7 Å². The maximum Gasteiger partial charge on any atom is 0.334 e. The number of hydrogen-bond acceptors (Lipinski definition) is 4. The van der Waals surface area contributed by atoms with E-state index < -0.39 is 24.1 Å². The maximum absolute atomic E-state index is 12.0. The molecular weight excluding hydrogens is 244 g/mol. The molecule has 4 unspecified atom stereocenters. The Morgan fingerprint density at radius 2 is 1.95 bits per heavy atom. The lowest BCUT2D eigenvalue weighted by atomic mass is 9.79. The summed E-state index contributed by atoms with van der Waals surface area (Å²) in [6.07, 6.45) is -0.257. The van der Waals surface area contributed by atoms with E-state index in [9.17, 15) is 14.7 Å². The molecule has 3 rings (SSSR count). The normalized spacial score (nSPS) is 45.8. The van der Waals surface area contributed by atoms with Gasteiger partial charge in [0.2, 0.25) is 0 Å². The van der Waals surface area contributed by atoms with Crippen LogP contribution in [0.15, 0.2) is 24.3 Å². The van der Waals surface area contributed by atoms with Crippen molar-refractivity contribution >= 4 is 11.8 Å². The van der Waals surface area contributed by atoms with Crippen LogP contribution >= 0.6 is 0 Å². The van der Waals surface area contributed by atoms with Gasteiger partial charge in [-0.25, -0.2) is 4.79 Å². The number of carbonyl (C=O) groups is 2. The standard InChI is InChI=1S/C15H18O4/c1-6-4-11(17)13-8(3)15(18)19-14(13)12-7(2)10(16)5-9(6)12/h7,9,11-14,17H,1,3-5H2,2H3/t7?,9?,11-,12?,13?,14+/m0/s1. The number of ketones is 1. The van der Waals surface area contributed by atoms with Crippen molar-refractivity contribution in [2.45, 2.75) is 32.0 Å². The van der Waals surface area contributed by atoms with Gasteiger partial charge in [-0.15, -0.1) is 0 Å². The zero-order chi connectivity index (χ0) is 13.9. The van der Waals surface area contributed by atoms with E-state index >= 15 is 0 Å². The Balaban J connectivity index is 2.05. The first-order valence-corrected chi connectivity index (χ1v) is 6.70. The lowest BCUT2D eigenvalue weighted by Crippen LogP contribution is -2.35. The van der Waals surface area contributed by atoms with Gasteiger partial charge in [0.1, 0.15) is 11.9 Å². The maximum atomic E-state index is 12.0. The SMILES string of the molecule is C=C1C[C@H](O)C2C(=C)C(=O)O[C@@H]2C2C(C)C(=O)CC12. The lowest BCUT2D eigenvalue weighted by Gasteiger charge is -2.28. The summed E-state index contributed by atoms with van der Waals surface area (Å²) in [5, 5.41) is 10.3. The van der Waals surface area contributed by atoms with Crippen LogP contribution in [0.5, 0.6) is 0 Å². The van der Waals surface area contributed by atoms with E-state index in [1.54, 1.807) is 0 Å². The molecule has 102 valence electrons. The van der Waals surface area contributed by atoms with Crippen LogP contribution in [0.4, 0.5) is 0 Å². The molecule has 0 bridgehead atoms. The monoisotopic (exact) mass is 262 g/mol. The van der Waals surface area contributed by atoms with E-state index in [0.717, 1.165) is 5.57 Å². The largest absolute Gasteiger partial charge is 0.458 e. The minimum absolute atomic E-state index is 0.0193. The van der Waals surface area contributed by atoms with Crippen molar-refractivity contribution in [2.75, 3.05) is 0 Å². The number of carbonyl (C=O) groups excluding carboxylic acids is 2. The Kier molecular flexibility index (Phi) is 2.68. The molecule has 0 radical (unpaired) electrons. The first-order chi connectivity index (χ1) is 8.91. The van der Waals surface area contributed by atoms with Crippen LogP contribution in [0.3, 0.4) is 0 Å². The number of rotatable bonds is 0. The Bertz CT molecular complexity index is 492. The Hall–Kier alpha value is -1.42. The highest BCUT2D eigenvalue weighted by Crippen LogP contribution is 2.51. The Labute approximate surface area is 112 Å². The fourth-order valence-corrected chi connectivity index (χ4v) is 3.95. The summed E-state index contributed by atoms with van der Waals surface area (Å²) in [7, 11) is 0. The number of Topliss-reactive ketones (excluding diaryl/α,β-unsaturated/α-hetero) is 1. The van der Waals surface area contributed by atoms with Gasteiger partial charge < -0.3 is 9.84 Å². The third-order valence-corrected chi connectivity index (χ3v) is 5.02. The van der Waals surface area contributed by atoms with Crippen molar-refractivity contribution in [3.8, 4) is 0 Å². The quantitative estimate of drug-likeness (QED) is 0.405. The lowest BCUT2D eigenvalue weighted by molar-refractivity contribution is -0.143. The van der Waals surface area contributed by atoms with Crippen molar-refractivity contribution in [1.29, 1.82) is 0 Å². The molecule has 19 heavy (non-hydrogen) atoms. The molecule has 0 spiro atoms. The van der Waals surface area contributed by atoms with Gasteiger partial charge in [-0.2, -0.15) is 0 Å². The zero-order valence-corrected chi connectivity index (χ0v) is 11.0. The molecule has 0 aromatic carbocycles. The van der Waals surface area contributed by atoms with Gasteiger partial charge in [0, 0.05) is 23.8 Å². The van der Waals surface area contributed by atoms with Crippen LogP contribution in [-0.4, -0.2) is 29.1 Å². The fourth-order valence-electron chi connectivity index (χ4n) is 3.95. The number of aliphatic hydroxyl groups is 1. The van der Waals surface area contributed by atoms with Crippen LogP contribution < -0.4 is 0 Å². The van der Waals surface area contributed by atoms with E-state index in [1.807, 2.05) is 6.92 Å². The van der Waals surface area contributed by atoms with Crippen LogP contribution in [0, 0.1) is 23.7 Å². The van der Waals surface area contributed by atoms with Gasteiger partial charge in [0.05, 0.1) is 12.0 Å². The number of aliphatic hydroxyl groups excluding tert-OH is 1. The van der Waals surface area contributed by atoms with E-state index in [1.165, 1.54) is 0 Å². The van der Waals surface area contributed by atoms with Crippen LogP contribution in [0.1, 0.15) is 19.8 Å². The van der Waals surface area contributed by atoms with Crippen molar-refractivity contribution in [3.05, 3.63) is 24.3 Å². The van der Waals surface area contributed by atoms with Crippen LogP contribution in [-0.2, 0) is 14.3 Å². The molecule has 2 saturated carbocycles. The van der Waals surface area contributed by atoms with Gasteiger partial charge in [0.15, 0.2) is 0 Å². The van der Waals surface area contributed by atoms with Gasteiger partial charge in [-0.1, -0.05) is 25.7 Å². The molecule has 0 aromatic heterocycles. The second-order valence-electron chi connectivity index (χ2n) is 5.99. The molecule has 4 heteroatoms. The fraction of sp³-hybridized carbons (Fsp3) is 0.600. The molecule has 2 aliphatic carbocycles. The highest BCUT2D eigenvalue weighted by Gasteiger charge is 2.56. The summed E-state index contributed by atoms with van der Waals surface area (Å²) in [5.41, 5.74) is 1.23. The summed E-state index contributed by atoms with van der Waals surface area (Å²) in [6, 6.07) is 0. The highest BCUT2D eigenvalue weighted by atomic mass is 16.6. The molecule has 6 atom stereocenters. The van der Waals surface area contributed by atoms with Crippen molar-refractivity contribution in [3.63, 3.8) is 0 Å².